The minimum absolute atomic E-state index is 1.05. The van der Waals surface area contributed by atoms with Crippen molar-refractivity contribution < 1.29 is 0 Å². The number of halogens is 1. The molecule has 0 aliphatic heterocycles. The Morgan fingerprint density at radius 1 is 1.33 bits per heavy atom. The summed E-state index contributed by atoms with van der Waals surface area (Å²) in [5.74, 6) is 0. The molecule has 0 spiro atoms. The van der Waals surface area contributed by atoms with Gasteiger partial charge in [0.15, 0.2) is 0 Å². The van der Waals surface area contributed by atoms with E-state index < -0.39 is 0 Å². The van der Waals surface area contributed by atoms with E-state index in [1.807, 2.05) is 18.3 Å². The Morgan fingerprint density at radius 3 is 3.00 bits per heavy atom. The number of aromatic nitrogens is 1. The van der Waals surface area contributed by atoms with E-state index in [9.17, 15) is 0 Å². The molecule has 1 aromatic heterocycles. The van der Waals surface area contributed by atoms with Crippen LogP contribution in [0.5, 0.6) is 0 Å². The highest BCUT2D eigenvalue weighted by Crippen LogP contribution is 2.21. The van der Waals surface area contributed by atoms with Gasteiger partial charge in [-0.3, -0.25) is 4.98 Å². The van der Waals surface area contributed by atoms with E-state index in [-0.39, 0.29) is 0 Å². The maximum Gasteiger partial charge on any atom is 0.0715 e. The first-order valence-corrected chi connectivity index (χ1v) is 4.57. The number of hydrogen-bond donors (Lipinski definition) is 0. The van der Waals surface area contributed by atoms with Crippen LogP contribution < -0.4 is 0 Å². The normalized spacial score (nSPS) is 10.5. The summed E-state index contributed by atoms with van der Waals surface area (Å²) in [6, 6.07) is 8.18. The van der Waals surface area contributed by atoms with Gasteiger partial charge in [0.05, 0.1) is 5.52 Å². The molecular weight excluding hydrogens is 214 g/mol. The van der Waals surface area contributed by atoms with Gasteiger partial charge in [0.2, 0.25) is 0 Å². The second-order valence-corrected chi connectivity index (χ2v) is 3.71. The summed E-state index contributed by atoms with van der Waals surface area (Å²) in [5, 5.41) is 1.22. The van der Waals surface area contributed by atoms with Crippen molar-refractivity contribution in [1.82, 2.24) is 4.98 Å². The van der Waals surface area contributed by atoms with Crippen LogP contribution in [0.1, 0.15) is 5.56 Å². The molecule has 0 unspecified atom stereocenters. The van der Waals surface area contributed by atoms with Crippen LogP contribution in [0.15, 0.2) is 34.9 Å². The van der Waals surface area contributed by atoms with Crippen molar-refractivity contribution in [3.05, 3.63) is 40.5 Å². The highest BCUT2D eigenvalue weighted by Gasteiger charge is 1.98. The minimum Gasteiger partial charge on any atom is -0.256 e. The molecule has 0 radical (unpaired) electrons. The predicted octanol–water partition coefficient (Wildman–Crippen LogP) is 3.31. The van der Waals surface area contributed by atoms with Gasteiger partial charge in [0, 0.05) is 16.1 Å². The molecule has 0 atom stereocenters. The number of pyridine rings is 1. The number of nitrogens with zero attached hydrogens (tertiary/aromatic N) is 1. The van der Waals surface area contributed by atoms with Gasteiger partial charge in [-0.2, -0.15) is 0 Å². The van der Waals surface area contributed by atoms with Crippen LogP contribution >= 0.6 is 15.9 Å². The Balaban J connectivity index is 2.89. The molecule has 0 amide bonds. The monoisotopic (exact) mass is 221 g/mol. The first-order valence-electron chi connectivity index (χ1n) is 3.78. The Hall–Kier alpha value is -0.890. The fraction of sp³-hybridized carbons (Fsp3) is 0.100. The molecule has 1 heterocycles. The molecule has 0 N–H and O–H groups in total. The molecule has 0 fully saturated rings. The van der Waals surface area contributed by atoms with Crippen molar-refractivity contribution in [1.29, 1.82) is 0 Å². The van der Waals surface area contributed by atoms with Crippen LogP contribution in [-0.4, -0.2) is 4.98 Å². The van der Waals surface area contributed by atoms with Crippen LogP contribution in [0.25, 0.3) is 10.9 Å². The van der Waals surface area contributed by atoms with Crippen LogP contribution in [0.3, 0.4) is 0 Å². The number of hydrogen-bond acceptors (Lipinski definition) is 1. The van der Waals surface area contributed by atoms with E-state index >= 15 is 0 Å². The number of rotatable bonds is 0. The maximum atomic E-state index is 4.27. The maximum absolute atomic E-state index is 4.27. The van der Waals surface area contributed by atoms with Gasteiger partial charge in [-0.1, -0.05) is 22.0 Å². The molecule has 0 aliphatic rings. The largest absolute Gasteiger partial charge is 0.256 e. The van der Waals surface area contributed by atoms with Crippen LogP contribution in [0.4, 0.5) is 0 Å². The lowest BCUT2D eigenvalue weighted by Gasteiger charge is -2.00. The second kappa shape index (κ2) is 2.87. The van der Waals surface area contributed by atoms with Crippen molar-refractivity contribution in [2.24, 2.45) is 0 Å². The highest BCUT2D eigenvalue weighted by atomic mass is 79.9. The van der Waals surface area contributed by atoms with E-state index in [0.29, 0.717) is 0 Å². The highest BCUT2D eigenvalue weighted by molar-refractivity contribution is 9.10. The SMILES string of the molecule is Cc1cc(Br)cc2ncccc12. The summed E-state index contributed by atoms with van der Waals surface area (Å²) in [4.78, 5) is 4.27. The van der Waals surface area contributed by atoms with E-state index in [1.54, 1.807) is 0 Å². The third-order valence-corrected chi connectivity index (χ3v) is 2.35. The summed E-state index contributed by atoms with van der Waals surface area (Å²) in [6.45, 7) is 2.09. The van der Waals surface area contributed by atoms with Crippen molar-refractivity contribution in [2.45, 2.75) is 6.92 Å². The van der Waals surface area contributed by atoms with E-state index in [4.69, 9.17) is 0 Å². The molecular formula is C10H8BrN. The van der Waals surface area contributed by atoms with E-state index in [2.05, 4.69) is 40.0 Å². The second-order valence-electron chi connectivity index (χ2n) is 2.79. The lowest BCUT2D eigenvalue weighted by atomic mass is 10.1. The van der Waals surface area contributed by atoms with Gasteiger partial charge in [0.1, 0.15) is 0 Å². The van der Waals surface area contributed by atoms with Gasteiger partial charge in [-0.15, -0.1) is 0 Å². The molecule has 0 saturated heterocycles. The van der Waals surface area contributed by atoms with Crippen molar-refractivity contribution >= 4 is 26.8 Å². The van der Waals surface area contributed by atoms with Gasteiger partial charge in [0.25, 0.3) is 0 Å². The molecule has 0 bridgehead atoms. The average Bonchev–Trinajstić information content (AvgIpc) is 2.04. The van der Waals surface area contributed by atoms with Gasteiger partial charge >= 0.3 is 0 Å². The smallest absolute Gasteiger partial charge is 0.0715 e. The summed E-state index contributed by atoms with van der Waals surface area (Å²) < 4.78 is 1.09. The standard InChI is InChI=1S/C10H8BrN/c1-7-5-8(11)6-10-9(7)3-2-4-12-10/h2-6H,1H3. The fourth-order valence-corrected chi connectivity index (χ4v) is 1.88. The minimum atomic E-state index is 1.05. The van der Waals surface area contributed by atoms with Crippen LogP contribution in [0, 0.1) is 6.92 Å². The third-order valence-electron chi connectivity index (χ3n) is 1.89. The summed E-state index contributed by atoms with van der Waals surface area (Å²) >= 11 is 3.44. The van der Waals surface area contributed by atoms with E-state index in [1.165, 1.54) is 10.9 Å². The number of fused-ring (bicyclic) bond motifs is 1. The number of aryl methyl sites for hydroxylation is 1. The van der Waals surface area contributed by atoms with Crippen LogP contribution in [0.2, 0.25) is 0 Å². The lowest BCUT2D eigenvalue weighted by Crippen LogP contribution is -1.81. The Labute approximate surface area is 79.6 Å². The van der Waals surface area contributed by atoms with Gasteiger partial charge in [-0.05, 0) is 30.7 Å². The quantitative estimate of drug-likeness (QED) is 0.666. The summed E-state index contributed by atoms with van der Waals surface area (Å²) in [6.07, 6.45) is 1.81. The zero-order valence-corrected chi connectivity index (χ0v) is 8.30. The lowest BCUT2D eigenvalue weighted by molar-refractivity contribution is 1.38. The van der Waals surface area contributed by atoms with Crippen molar-refractivity contribution in [2.75, 3.05) is 0 Å². The van der Waals surface area contributed by atoms with Crippen LogP contribution in [-0.2, 0) is 0 Å². The first-order chi connectivity index (χ1) is 5.77. The van der Waals surface area contributed by atoms with Gasteiger partial charge < -0.3 is 0 Å². The zero-order chi connectivity index (χ0) is 8.55. The topological polar surface area (TPSA) is 12.9 Å². The molecule has 0 saturated carbocycles. The molecule has 60 valence electrons. The molecule has 2 rings (SSSR count). The Kier molecular flexibility index (Phi) is 1.85. The number of benzene rings is 1. The van der Waals surface area contributed by atoms with Crippen molar-refractivity contribution in [3.8, 4) is 0 Å². The molecule has 12 heavy (non-hydrogen) atoms. The zero-order valence-electron chi connectivity index (χ0n) is 6.71. The summed E-state index contributed by atoms with van der Waals surface area (Å²) in [7, 11) is 0. The average molecular weight is 222 g/mol. The first kappa shape index (κ1) is 7.74. The Bertz CT molecular complexity index is 423. The Morgan fingerprint density at radius 2 is 2.17 bits per heavy atom. The predicted molar refractivity (Wildman–Crippen MR) is 54.2 cm³/mol. The molecule has 2 heteroatoms. The van der Waals surface area contributed by atoms with E-state index in [0.717, 1.165) is 9.99 Å². The molecule has 0 aliphatic carbocycles. The molecule has 1 aromatic carbocycles. The van der Waals surface area contributed by atoms with Gasteiger partial charge in [-0.25, -0.2) is 0 Å². The third kappa shape index (κ3) is 1.23. The molecule has 2 aromatic rings. The molecule has 1 nitrogen and oxygen atoms in total. The fourth-order valence-electron chi connectivity index (χ4n) is 1.32. The van der Waals surface area contributed by atoms with Crippen molar-refractivity contribution in [3.63, 3.8) is 0 Å². The summed E-state index contributed by atoms with van der Waals surface area (Å²) in [5.41, 5.74) is 2.30.